The number of alkyl carbamates (subject to hydrolysis) is 1. The van der Waals surface area contributed by atoms with Crippen LogP contribution in [0, 0.1) is 0 Å². The lowest BCUT2D eigenvalue weighted by Crippen LogP contribution is -2.48. The Morgan fingerprint density at radius 3 is 2.57 bits per heavy atom. The van der Waals surface area contributed by atoms with Crippen molar-refractivity contribution in [2.45, 2.75) is 70.9 Å². The highest BCUT2D eigenvalue weighted by molar-refractivity contribution is 5.85. The first-order chi connectivity index (χ1) is 13.2. The fourth-order valence-corrected chi connectivity index (χ4v) is 2.72. The number of benzene rings is 1. The third-order valence-corrected chi connectivity index (χ3v) is 4.06. The highest BCUT2D eigenvalue weighted by Gasteiger charge is 2.23. The Balaban J connectivity index is 2.57. The lowest BCUT2D eigenvalue weighted by atomic mass is 10.0. The molecule has 0 bridgehead atoms. The van der Waals surface area contributed by atoms with Gasteiger partial charge in [0.1, 0.15) is 17.4 Å². The van der Waals surface area contributed by atoms with Gasteiger partial charge in [0.25, 0.3) is 0 Å². The highest BCUT2D eigenvalue weighted by atomic mass is 16.6. The minimum absolute atomic E-state index is 0.213. The molecule has 7 nitrogen and oxygen atoms in total. The van der Waals surface area contributed by atoms with Crippen LogP contribution in [0.5, 0.6) is 5.75 Å². The number of phenols is 1. The maximum Gasteiger partial charge on any atom is 0.408 e. The summed E-state index contributed by atoms with van der Waals surface area (Å²) in [6.45, 7) is 6.53. The number of aromatic hydroxyl groups is 1. The molecule has 0 heterocycles. The van der Waals surface area contributed by atoms with E-state index in [-0.39, 0.29) is 11.7 Å². The van der Waals surface area contributed by atoms with E-state index in [0.717, 1.165) is 24.8 Å². The van der Waals surface area contributed by atoms with Crippen molar-refractivity contribution in [3.8, 4) is 5.75 Å². The zero-order chi connectivity index (χ0) is 21.0. The second kappa shape index (κ2) is 12.2. The molecule has 0 radical (unpaired) electrons. The number of nitrogens with two attached hydrogens (primary N) is 1. The van der Waals surface area contributed by atoms with Gasteiger partial charge in [0.15, 0.2) is 0 Å². The lowest BCUT2D eigenvalue weighted by Gasteiger charge is -2.23. The third kappa shape index (κ3) is 10.8. The van der Waals surface area contributed by atoms with Gasteiger partial charge in [0.2, 0.25) is 5.91 Å². The predicted molar refractivity (Wildman–Crippen MR) is 110 cm³/mol. The molecule has 0 aliphatic rings. The van der Waals surface area contributed by atoms with Crippen molar-refractivity contribution in [2.75, 3.05) is 13.1 Å². The predicted octanol–water partition coefficient (Wildman–Crippen LogP) is 2.85. The Labute approximate surface area is 168 Å². The van der Waals surface area contributed by atoms with E-state index in [1.807, 2.05) is 6.07 Å². The molecule has 1 atom stereocenters. The van der Waals surface area contributed by atoms with E-state index in [0.29, 0.717) is 32.4 Å². The summed E-state index contributed by atoms with van der Waals surface area (Å²) in [5.74, 6) is 0.00525. The van der Waals surface area contributed by atoms with Gasteiger partial charge in [0.05, 0.1) is 0 Å². The Hall–Kier alpha value is -2.28. The molecule has 0 aliphatic heterocycles. The summed E-state index contributed by atoms with van der Waals surface area (Å²) in [7, 11) is 0. The Morgan fingerprint density at radius 1 is 1.18 bits per heavy atom. The minimum atomic E-state index is -0.665. The van der Waals surface area contributed by atoms with Gasteiger partial charge in [-0.05, 0) is 77.1 Å². The molecule has 0 spiro atoms. The molecule has 7 heteroatoms. The molecule has 0 unspecified atom stereocenters. The molecule has 1 aromatic rings. The number of ether oxygens (including phenoxy) is 1. The average molecular weight is 394 g/mol. The Kier molecular flexibility index (Phi) is 10.4. The fourth-order valence-electron chi connectivity index (χ4n) is 2.72. The van der Waals surface area contributed by atoms with E-state index >= 15 is 0 Å². The second-order valence-corrected chi connectivity index (χ2v) is 7.90. The lowest BCUT2D eigenvalue weighted by molar-refractivity contribution is -0.123. The van der Waals surface area contributed by atoms with Gasteiger partial charge in [-0.3, -0.25) is 4.79 Å². The summed E-state index contributed by atoms with van der Waals surface area (Å²) in [5.41, 5.74) is 5.83. The van der Waals surface area contributed by atoms with Crippen molar-refractivity contribution in [2.24, 2.45) is 5.73 Å². The largest absolute Gasteiger partial charge is 0.508 e. The molecule has 2 amide bonds. The summed E-state index contributed by atoms with van der Waals surface area (Å²) in [5, 5.41) is 15.1. The first-order valence-electron chi connectivity index (χ1n) is 9.96. The zero-order valence-electron chi connectivity index (χ0n) is 17.3. The van der Waals surface area contributed by atoms with Crippen LogP contribution in [0.2, 0.25) is 0 Å². The standard InChI is InChI=1S/C21H35N3O4/c1-21(2,3)28-20(27)24-18(19(26)23-14-6-4-5-13-22)12-8-10-16-9-7-11-17(25)15-16/h7,9,11,15,18,25H,4-6,8,10,12-14,22H2,1-3H3,(H,23,26)(H,24,27)/t18-/m0/s1. The van der Waals surface area contributed by atoms with Crippen molar-refractivity contribution in [3.05, 3.63) is 29.8 Å². The van der Waals surface area contributed by atoms with Gasteiger partial charge in [-0.25, -0.2) is 4.79 Å². The first kappa shape index (κ1) is 23.8. The van der Waals surface area contributed by atoms with Crippen LogP contribution in [-0.2, 0) is 16.0 Å². The van der Waals surface area contributed by atoms with Gasteiger partial charge >= 0.3 is 6.09 Å². The normalized spacial score (nSPS) is 12.3. The van der Waals surface area contributed by atoms with Gasteiger partial charge in [-0.15, -0.1) is 0 Å². The molecule has 158 valence electrons. The number of carbonyl (C=O) groups is 2. The number of rotatable bonds is 11. The molecule has 0 aromatic heterocycles. The number of amides is 2. The number of carbonyl (C=O) groups excluding carboxylic acids is 2. The first-order valence-corrected chi connectivity index (χ1v) is 9.96. The molecule has 0 fully saturated rings. The second-order valence-electron chi connectivity index (χ2n) is 7.90. The maximum absolute atomic E-state index is 12.5. The van der Waals surface area contributed by atoms with E-state index in [9.17, 15) is 14.7 Å². The molecule has 1 aromatic carbocycles. The number of aryl methyl sites for hydroxylation is 1. The average Bonchev–Trinajstić information content (AvgIpc) is 2.59. The van der Waals surface area contributed by atoms with E-state index in [1.54, 1.807) is 39.0 Å². The summed E-state index contributed by atoms with van der Waals surface area (Å²) < 4.78 is 5.28. The van der Waals surface area contributed by atoms with Crippen LogP contribution in [0.4, 0.5) is 4.79 Å². The third-order valence-electron chi connectivity index (χ3n) is 4.06. The molecular formula is C21H35N3O4. The van der Waals surface area contributed by atoms with Crippen molar-refractivity contribution in [3.63, 3.8) is 0 Å². The molecule has 1 rings (SSSR count). The minimum Gasteiger partial charge on any atom is -0.508 e. The van der Waals surface area contributed by atoms with Crippen LogP contribution >= 0.6 is 0 Å². The maximum atomic E-state index is 12.5. The molecule has 0 saturated carbocycles. The fraction of sp³-hybridized carbons (Fsp3) is 0.619. The topological polar surface area (TPSA) is 114 Å². The highest BCUT2D eigenvalue weighted by Crippen LogP contribution is 2.14. The summed E-state index contributed by atoms with van der Waals surface area (Å²) in [6.07, 6.45) is 4.00. The number of hydrogen-bond acceptors (Lipinski definition) is 5. The van der Waals surface area contributed by atoms with Crippen LogP contribution < -0.4 is 16.4 Å². The summed E-state index contributed by atoms with van der Waals surface area (Å²) in [4.78, 5) is 24.6. The van der Waals surface area contributed by atoms with Crippen LogP contribution in [0.15, 0.2) is 24.3 Å². The number of nitrogens with one attached hydrogen (secondary N) is 2. The van der Waals surface area contributed by atoms with E-state index in [2.05, 4.69) is 10.6 Å². The molecule has 28 heavy (non-hydrogen) atoms. The Morgan fingerprint density at radius 2 is 1.93 bits per heavy atom. The van der Waals surface area contributed by atoms with Crippen molar-refractivity contribution < 1.29 is 19.4 Å². The van der Waals surface area contributed by atoms with Crippen LogP contribution in [-0.4, -0.2) is 41.8 Å². The zero-order valence-corrected chi connectivity index (χ0v) is 17.3. The van der Waals surface area contributed by atoms with Crippen LogP contribution in [0.1, 0.15) is 58.4 Å². The van der Waals surface area contributed by atoms with Crippen LogP contribution in [0.25, 0.3) is 0 Å². The summed E-state index contributed by atoms with van der Waals surface area (Å²) in [6, 6.07) is 6.37. The quantitative estimate of drug-likeness (QED) is 0.432. The SMILES string of the molecule is CC(C)(C)OC(=O)N[C@@H](CCCc1cccc(O)c1)C(=O)NCCCCCN. The van der Waals surface area contributed by atoms with Crippen molar-refractivity contribution in [1.29, 1.82) is 0 Å². The molecular weight excluding hydrogens is 358 g/mol. The molecule has 5 N–H and O–H groups in total. The van der Waals surface area contributed by atoms with E-state index < -0.39 is 17.7 Å². The Bertz CT molecular complexity index is 614. The number of unbranched alkanes of at least 4 members (excludes halogenated alkanes) is 2. The van der Waals surface area contributed by atoms with Gasteiger partial charge < -0.3 is 26.2 Å². The smallest absolute Gasteiger partial charge is 0.408 e. The van der Waals surface area contributed by atoms with Crippen LogP contribution in [0.3, 0.4) is 0 Å². The number of hydrogen-bond donors (Lipinski definition) is 4. The molecule has 0 saturated heterocycles. The number of phenolic OH excluding ortho intramolecular Hbond substituents is 1. The summed E-state index contributed by atoms with van der Waals surface area (Å²) >= 11 is 0. The molecule has 0 aliphatic carbocycles. The van der Waals surface area contributed by atoms with E-state index in [1.165, 1.54) is 0 Å². The van der Waals surface area contributed by atoms with Gasteiger partial charge in [-0.2, -0.15) is 0 Å². The van der Waals surface area contributed by atoms with E-state index in [4.69, 9.17) is 10.5 Å². The van der Waals surface area contributed by atoms with Gasteiger partial charge in [-0.1, -0.05) is 18.6 Å². The van der Waals surface area contributed by atoms with Gasteiger partial charge in [0, 0.05) is 6.54 Å². The monoisotopic (exact) mass is 393 g/mol. The van der Waals surface area contributed by atoms with Crippen molar-refractivity contribution in [1.82, 2.24) is 10.6 Å². The van der Waals surface area contributed by atoms with Crippen molar-refractivity contribution >= 4 is 12.0 Å².